The average molecular weight is 381 g/mol. The summed E-state index contributed by atoms with van der Waals surface area (Å²) >= 11 is 0. The van der Waals surface area contributed by atoms with E-state index >= 15 is 0 Å². The Morgan fingerprint density at radius 3 is 2.32 bits per heavy atom. The Labute approximate surface area is 160 Å². The smallest absolute Gasteiger partial charge is 0.325 e. The van der Waals surface area contributed by atoms with Crippen molar-refractivity contribution >= 4 is 11.9 Å². The second kappa shape index (κ2) is 8.90. The van der Waals surface area contributed by atoms with Gasteiger partial charge in [0.05, 0.1) is 0 Å². The van der Waals surface area contributed by atoms with Crippen LogP contribution in [0.1, 0.15) is 15.9 Å². The maximum absolute atomic E-state index is 13.8. The van der Waals surface area contributed by atoms with Crippen LogP contribution in [0, 0.1) is 11.6 Å². The quantitative estimate of drug-likeness (QED) is 0.654. The van der Waals surface area contributed by atoms with Crippen LogP contribution in [0.15, 0.2) is 72.8 Å². The molecule has 0 atom stereocenters. The molecule has 0 saturated carbocycles. The molecule has 0 aromatic heterocycles. The molecule has 0 radical (unpaired) electrons. The molecule has 4 nitrogen and oxygen atoms in total. The number of hydrogen-bond donors (Lipinski definition) is 1. The molecule has 0 heterocycles. The molecular weight excluding hydrogens is 364 g/mol. The molecule has 1 N–H and O–H groups in total. The number of carbonyl (C=O) groups is 2. The Bertz CT molecular complexity index is 973. The van der Waals surface area contributed by atoms with Gasteiger partial charge in [-0.2, -0.15) is 0 Å². The van der Waals surface area contributed by atoms with Crippen LogP contribution in [0.4, 0.5) is 8.78 Å². The van der Waals surface area contributed by atoms with Crippen LogP contribution in [-0.4, -0.2) is 18.4 Å². The van der Waals surface area contributed by atoms with E-state index in [0.29, 0.717) is 5.56 Å². The van der Waals surface area contributed by atoms with Crippen LogP contribution < -0.4 is 5.32 Å². The Balaban J connectivity index is 1.54. The Kier molecular flexibility index (Phi) is 6.11. The molecule has 142 valence electrons. The Morgan fingerprint density at radius 2 is 1.61 bits per heavy atom. The first-order valence-electron chi connectivity index (χ1n) is 8.56. The summed E-state index contributed by atoms with van der Waals surface area (Å²) in [5.41, 5.74) is 1.69. The van der Waals surface area contributed by atoms with E-state index in [1.165, 1.54) is 24.3 Å². The lowest BCUT2D eigenvalue weighted by molar-refractivity contribution is -0.143. The lowest BCUT2D eigenvalue weighted by Crippen LogP contribution is -2.30. The number of amides is 1. The van der Waals surface area contributed by atoms with Crippen LogP contribution in [-0.2, 0) is 16.1 Å². The van der Waals surface area contributed by atoms with E-state index in [1.807, 2.05) is 30.3 Å². The minimum Gasteiger partial charge on any atom is -0.460 e. The highest BCUT2D eigenvalue weighted by molar-refractivity contribution is 5.96. The van der Waals surface area contributed by atoms with Gasteiger partial charge in [-0.25, -0.2) is 8.78 Å². The van der Waals surface area contributed by atoms with Gasteiger partial charge in [-0.15, -0.1) is 0 Å². The summed E-state index contributed by atoms with van der Waals surface area (Å²) in [5.74, 6) is -2.13. The van der Waals surface area contributed by atoms with E-state index in [2.05, 4.69) is 5.32 Å². The Hall–Kier alpha value is -3.54. The van der Waals surface area contributed by atoms with Crippen LogP contribution in [0.5, 0.6) is 0 Å². The third-order valence-corrected chi connectivity index (χ3v) is 4.02. The third-order valence-electron chi connectivity index (χ3n) is 4.02. The molecule has 6 heteroatoms. The highest BCUT2D eigenvalue weighted by atomic mass is 19.1. The Morgan fingerprint density at radius 1 is 0.893 bits per heavy atom. The first kappa shape index (κ1) is 19.2. The predicted molar refractivity (Wildman–Crippen MR) is 100 cm³/mol. The van der Waals surface area contributed by atoms with E-state index in [-0.39, 0.29) is 24.3 Å². The van der Waals surface area contributed by atoms with Crippen molar-refractivity contribution in [2.75, 3.05) is 6.54 Å². The number of nitrogens with one attached hydrogen (secondary N) is 1. The molecule has 3 aromatic carbocycles. The van der Waals surface area contributed by atoms with Crippen LogP contribution in [0.25, 0.3) is 11.1 Å². The summed E-state index contributed by atoms with van der Waals surface area (Å²) in [4.78, 5) is 23.9. The third kappa shape index (κ3) is 5.01. The van der Waals surface area contributed by atoms with Gasteiger partial charge >= 0.3 is 5.97 Å². The second-order valence-corrected chi connectivity index (χ2v) is 6.03. The van der Waals surface area contributed by atoms with Crippen LogP contribution >= 0.6 is 0 Å². The van der Waals surface area contributed by atoms with Crippen molar-refractivity contribution in [1.29, 1.82) is 0 Å². The molecular formula is C22H17F2NO3. The van der Waals surface area contributed by atoms with Gasteiger partial charge in [0.15, 0.2) is 0 Å². The fourth-order valence-corrected chi connectivity index (χ4v) is 2.56. The van der Waals surface area contributed by atoms with Gasteiger partial charge in [0.2, 0.25) is 0 Å². The van der Waals surface area contributed by atoms with E-state index in [4.69, 9.17) is 4.74 Å². The molecule has 0 aliphatic carbocycles. The summed E-state index contributed by atoms with van der Waals surface area (Å²) in [7, 11) is 0. The molecule has 0 unspecified atom stereocenters. The monoisotopic (exact) mass is 381 g/mol. The lowest BCUT2D eigenvalue weighted by Gasteiger charge is -2.08. The largest absolute Gasteiger partial charge is 0.460 e. The van der Waals surface area contributed by atoms with Crippen molar-refractivity contribution in [3.8, 4) is 11.1 Å². The number of esters is 1. The molecule has 0 aliphatic heterocycles. The molecule has 3 aromatic rings. The van der Waals surface area contributed by atoms with E-state index < -0.39 is 23.5 Å². The number of hydrogen-bond acceptors (Lipinski definition) is 3. The minimum atomic E-state index is -0.560. The SMILES string of the molecule is O=C(CNC(=O)c1ccc(-c2cc(F)ccc2F)cc1)OCc1ccccc1. The second-order valence-electron chi connectivity index (χ2n) is 6.03. The summed E-state index contributed by atoms with van der Waals surface area (Å²) in [5, 5.41) is 2.47. The normalized spacial score (nSPS) is 10.4. The number of carbonyl (C=O) groups excluding carboxylic acids is 2. The zero-order chi connectivity index (χ0) is 19.9. The number of rotatable bonds is 6. The maximum atomic E-state index is 13.8. The van der Waals surface area contributed by atoms with Gasteiger partial charge in [-0.1, -0.05) is 42.5 Å². The number of halogens is 2. The maximum Gasteiger partial charge on any atom is 0.325 e. The molecule has 28 heavy (non-hydrogen) atoms. The van der Waals surface area contributed by atoms with Crippen LogP contribution in [0.3, 0.4) is 0 Å². The fourth-order valence-electron chi connectivity index (χ4n) is 2.56. The van der Waals surface area contributed by atoms with Gasteiger partial charge in [-0.05, 0) is 41.5 Å². The van der Waals surface area contributed by atoms with Gasteiger partial charge in [0.25, 0.3) is 5.91 Å². The first-order valence-corrected chi connectivity index (χ1v) is 8.56. The summed E-state index contributed by atoms with van der Waals surface area (Å²) in [6.45, 7) is -0.143. The van der Waals surface area contributed by atoms with E-state index in [0.717, 1.165) is 23.8 Å². The van der Waals surface area contributed by atoms with Gasteiger partial charge < -0.3 is 10.1 Å². The van der Waals surface area contributed by atoms with Gasteiger partial charge in [0, 0.05) is 11.1 Å². The highest BCUT2D eigenvalue weighted by Crippen LogP contribution is 2.24. The molecule has 0 fully saturated rings. The van der Waals surface area contributed by atoms with E-state index in [9.17, 15) is 18.4 Å². The van der Waals surface area contributed by atoms with Crippen molar-refractivity contribution in [2.24, 2.45) is 0 Å². The topological polar surface area (TPSA) is 55.4 Å². The molecule has 0 aliphatic rings. The van der Waals surface area contributed by atoms with Crippen molar-refractivity contribution in [2.45, 2.75) is 6.61 Å². The number of benzene rings is 3. The van der Waals surface area contributed by atoms with Crippen molar-refractivity contribution < 1.29 is 23.1 Å². The molecule has 0 bridgehead atoms. The van der Waals surface area contributed by atoms with Crippen molar-refractivity contribution in [1.82, 2.24) is 5.32 Å². The summed E-state index contributed by atoms with van der Waals surface area (Å²) in [6, 6.07) is 18.4. The van der Waals surface area contributed by atoms with Crippen molar-refractivity contribution in [3.63, 3.8) is 0 Å². The van der Waals surface area contributed by atoms with Gasteiger partial charge in [0.1, 0.15) is 24.8 Å². The molecule has 3 rings (SSSR count). The standard InChI is InChI=1S/C22H17F2NO3/c23-18-10-11-20(24)19(12-18)16-6-8-17(9-7-16)22(27)25-13-21(26)28-14-15-4-2-1-3-5-15/h1-12H,13-14H2,(H,25,27). The van der Waals surface area contributed by atoms with Crippen LogP contribution in [0.2, 0.25) is 0 Å². The zero-order valence-electron chi connectivity index (χ0n) is 14.8. The zero-order valence-corrected chi connectivity index (χ0v) is 14.8. The lowest BCUT2D eigenvalue weighted by atomic mass is 10.0. The fraction of sp³-hybridized carbons (Fsp3) is 0.0909. The van der Waals surface area contributed by atoms with Gasteiger partial charge in [-0.3, -0.25) is 9.59 Å². The average Bonchev–Trinajstić information content (AvgIpc) is 2.73. The van der Waals surface area contributed by atoms with E-state index in [1.54, 1.807) is 0 Å². The highest BCUT2D eigenvalue weighted by Gasteiger charge is 2.11. The number of ether oxygens (including phenoxy) is 1. The minimum absolute atomic E-state index is 0.108. The first-order chi connectivity index (χ1) is 13.5. The molecule has 0 spiro atoms. The molecule has 1 amide bonds. The van der Waals surface area contributed by atoms with Crippen molar-refractivity contribution in [3.05, 3.63) is 95.6 Å². The summed E-state index contributed by atoms with van der Waals surface area (Å²) < 4.78 is 32.2. The summed E-state index contributed by atoms with van der Waals surface area (Å²) in [6.07, 6.45) is 0. The predicted octanol–water partition coefficient (Wildman–Crippen LogP) is 4.11. The molecule has 0 saturated heterocycles.